The van der Waals surface area contributed by atoms with Gasteiger partial charge in [0.15, 0.2) is 0 Å². The molecule has 0 radical (unpaired) electrons. The fourth-order valence-corrected chi connectivity index (χ4v) is 0.581. The average Bonchev–Trinajstić information content (AvgIpc) is 2.20. The zero-order valence-electron chi connectivity index (χ0n) is 7.50. The largest absolute Gasteiger partial charge is 0.478 e. The molecule has 0 fully saturated rings. The van der Waals surface area contributed by atoms with Crippen LogP contribution >= 0.6 is 0 Å². The van der Waals surface area contributed by atoms with Crippen molar-refractivity contribution < 1.29 is 20.1 Å². The first-order valence-corrected chi connectivity index (χ1v) is 3.90. The number of carboxylic acid groups (broad SMARTS) is 1. The van der Waals surface area contributed by atoms with E-state index in [4.69, 9.17) is 15.3 Å². The number of aliphatic hydroxyl groups excluding tert-OH is 2. The van der Waals surface area contributed by atoms with Crippen molar-refractivity contribution in [3.8, 4) is 0 Å². The van der Waals surface area contributed by atoms with Gasteiger partial charge in [0.2, 0.25) is 0 Å². The Morgan fingerprint density at radius 1 is 1.36 bits per heavy atom. The summed E-state index contributed by atoms with van der Waals surface area (Å²) in [6, 6.07) is 8.30. The Kier molecular flexibility index (Phi) is 6.30. The fourth-order valence-electron chi connectivity index (χ4n) is 0.581. The van der Waals surface area contributed by atoms with Crippen molar-refractivity contribution in [2.45, 2.75) is 6.23 Å². The Hall–Kier alpha value is -1.43. The second kappa shape index (κ2) is 7.02. The number of carboxylic acids is 1. The molecule has 0 saturated carbocycles. The second-order valence-electron chi connectivity index (χ2n) is 2.42. The van der Waals surface area contributed by atoms with E-state index in [2.05, 4.69) is 5.73 Å². The first kappa shape index (κ1) is 12.6. The molecule has 78 valence electrons. The topological polar surface area (TPSA) is 104 Å². The van der Waals surface area contributed by atoms with Crippen LogP contribution < -0.4 is 5.73 Å². The molecule has 0 aliphatic rings. The van der Waals surface area contributed by atoms with Gasteiger partial charge in [-0.3, -0.25) is 0 Å². The zero-order chi connectivity index (χ0) is 11.0. The first-order valence-electron chi connectivity index (χ1n) is 3.90. The third-order valence-electron chi connectivity index (χ3n) is 1.21. The normalized spacial score (nSPS) is 11.1. The molecule has 1 atom stereocenters. The van der Waals surface area contributed by atoms with Gasteiger partial charge < -0.3 is 21.1 Å². The van der Waals surface area contributed by atoms with Crippen LogP contribution in [-0.2, 0) is 0 Å². The quantitative estimate of drug-likeness (QED) is 0.487. The standard InChI is InChI=1S/C7H6O2.C2H7NO2/c8-7(9)6-4-2-1-3-5-6;3-2(5)1-4/h1-5H,(H,8,9);2,4-5H,1,3H2. The number of hydrogen-bond donors (Lipinski definition) is 4. The molecule has 5 N–H and O–H groups in total. The zero-order valence-corrected chi connectivity index (χ0v) is 7.50. The predicted octanol–water partition coefficient (Wildman–Crippen LogP) is -0.359. The molecule has 14 heavy (non-hydrogen) atoms. The number of rotatable bonds is 2. The number of carbonyl (C=O) groups is 1. The van der Waals surface area contributed by atoms with Crippen molar-refractivity contribution in [3.05, 3.63) is 35.9 Å². The fraction of sp³-hybridized carbons (Fsp3) is 0.222. The predicted molar refractivity (Wildman–Crippen MR) is 50.7 cm³/mol. The van der Waals surface area contributed by atoms with Crippen LogP contribution in [0.1, 0.15) is 10.4 Å². The molecule has 5 nitrogen and oxygen atoms in total. The van der Waals surface area contributed by atoms with Crippen molar-refractivity contribution in [2.75, 3.05) is 6.61 Å². The molecule has 0 amide bonds. The Morgan fingerprint density at radius 3 is 2.00 bits per heavy atom. The van der Waals surface area contributed by atoms with Gasteiger partial charge in [0.25, 0.3) is 0 Å². The number of benzene rings is 1. The lowest BCUT2D eigenvalue weighted by Crippen LogP contribution is -2.22. The van der Waals surface area contributed by atoms with Gasteiger partial charge in [0.05, 0.1) is 12.2 Å². The smallest absolute Gasteiger partial charge is 0.335 e. The van der Waals surface area contributed by atoms with Crippen molar-refractivity contribution in [1.29, 1.82) is 0 Å². The molecule has 1 rings (SSSR count). The van der Waals surface area contributed by atoms with E-state index in [0.717, 1.165) is 0 Å². The van der Waals surface area contributed by atoms with Crippen molar-refractivity contribution in [2.24, 2.45) is 5.73 Å². The van der Waals surface area contributed by atoms with Crippen molar-refractivity contribution >= 4 is 5.97 Å². The van der Waals surface area contributed by atoms with E-state index in [9.17, 15) is 4.79 Å². The van der Waals surface area contributed by atoms with Crippen LogP contribution in [0.2, 0.25) is 0 Å². The van der Waals surface area contributed by atoms with E-state index in [1.807, 2.05) is 0 Å². The average molecular weight is 199 g/mol. The maximum absolute atomic E-state index is 10.2. The summed E-state index contributed by atoms with van der Waals surface area (Å²) >= 11 is 0. The summed E-state index contributed by atoms with van der Waals surface area (Å²) < 4.78 is 0. The van der Waals surface area contributed by atoms with Crippen molar-refractivity contribution in [1.82, 2.24) is 0 Å². The van der Waals surface area contributed by atoms with Gasteiger partial charge in [0.1, 0.15) is 6.23 Å². The first-order chi connectivity index (χ1) is 6.57. The minimum Gasteiger partial charge on any atom is -0.478 e. The highest BCUT2D eigenvalue weighted by atomic mass is 16.4. The number of hydrogen-bond acceptors (Lipinski definition) is 4. The Labute approximate surface area is 81.4 Å². The molecule has 0 saturated heterocycles. The number of aliphatic hydroxyl groups is 2. The number of nitrogens with two attached hydrogens (primary N) is 1. The van der Waals surface area contributed by atoms with Gasteiger partial charge in [-0.2, -0.15) is 0 Å². The van der Waals surface area contributed by atoms with Crippen LogP contribution in [0.3, 0.4) is 0 Å². The van der Waals surface area contributed by atoms with Crippen LogP contribution in [0.4, 0.5) is 0 Å². The molecule has 0 bridgehead atoms. The lowest BCUT2D eigenvalue weighted by Gasteiger charge is -1.91. The summed E-state index contributed by atoms with van der Waals surface area (Å²) in [6.45, 7) is -0.361. The van der Waals surface area contributed by atoms with Crippen LogP contribution in [0, 0.1) is 0 Å². The molecule has 0 aromatic heterocycles. The van der Waals surface area contributed by atoms with Gasteiger partial charge in [-0.05, 0) is 12.1 Å². The summed E-state index contributed by atoms with van der Waals surface area (Å²) in [6.07, 6.45) is -1.06. The molecular weight excluding hydrogens is 186 g/mol. The van der Waals surface area contributed by atoms with Gasteiger partial charge >= 0.3 is 5.97 Å². The van der Waals surface area contributed by atoms with E-state index in [1.165, 1.54) is 0 Å². The monoisotopic (exact) mass is 199 g/mol. The van der Waals surface area contributed by atoms with E-state index in [1.54, 1.807) is 30.3 Å². The summed E-state index contributed by atoms with van der Waals surface area (Å²) in [5.74, 6) is -0.879. The van der Waals surface area contributed by atoms with Crippen LogP contribution in [-0.4, -0.2) is 34.1 Å². The van der Waals surface area contributed by atoms with E-state index in [0.29, 0.717) is 5.56 Å². The molecule has 0 heterocycles. The maximum atomic E-state index is 10.2. The molecule has 1 unspecified atom stereocenters. The third kappa shape index (κ3) is 6.13. The summed E-state index contributed by atoms with van der Waals surface area (Å²) in [7, 11) is 0. The minimum atomic E-state index is -1.06. The third-order valence-corrected chi connectivity index (χ3v) is 1.21. The van der Waals surface area contributed by atoms with Gasteiger partial charge in [-0.15, -0.1) is 0 Å². The van der Waals surface area contributed by atoms with Gasteiger partial charge in [-0.25, -0.2) is 4.79 Å². The SMILES string of the molecule is NC(O)CO.O=C(O)c1ccccc1. The van der Waals surface area contributed by atoms with E-state index in [-0.39, 0.29) is 6.61 Å². The molecule has 0 aliphatic heterocycles. The lowest BCUT2D eigenvalue weighted by atomic mass is 10.2. The van der Waals surface area contributed by atoms with E-state index >= 15 is 0 Å². The number of aromatic carboxylic acids is 1. The maximum Gasteiger partial charge on any atom is 0.335 e. The highest BCUT2D eigenvalue weighted by Gasteiger charge is 1.96. The van der Waals surface area contributed by atoms with E-state index < -0.39 is 12.2 Å². The van der Waals surface area contributed by atoms with Gasteiger partial charge in [-0.1, -0.05) is 18.2 Å². The second-order valence-corrected chi connectivity index (χ2v) is 2.42. The van der Waals surface area contributed by atoms with Gasteiger partial charge in [0, 0.05) is 0 Å². The highest BCUT2D eigenvalue weighted by molar-refractivity contribution is 5.87. The molecule has 0 spiro atoms. The van der Waals surface area contributed by atoms with Crippen LogP contribution in [0.5, 0.6) is 0 Å². The molecule has 5 heteroatoms. The molecular formula is C9H13NO4. The van der Waals surface area contributed by atoms with Crippen molar-refractivity contribution in [3.63, 3.8) is 0 Å². The summed E-state index contributed by atoms with van der Waals surface area (Å²) in [4.78, 5) is 10.2. The Balaban J connectivity index is 0.000000292. The Bertz CT molecular complexity index is 261. The van der Waals surface area contributed by atoms with Crippen LogP contribution in [0.25, 0.3) is 0 Å². The Morgan fingerprint density at radius 2 is 1.79 bits per heavy atom. The minimum absolute atomic E-state index is 0.331. The molecule has 1 aromatic rings. The highest BCUT2D eigenvalue weighted by Crippen LogP contribution is 1.96. The molecule has 1 aromatic carbocycles. The van der Waals surface area contributed by atoms with Crippen LogP contribution in [0.15, 0.2) is 30.3 Å². The summed E-state index contributed by atoms with van der Waals surface area (Å²) in [5.41, 5.74) is 4.93. The summed E-state index contributed by atoms with van der Waals surface area (Å²) in [5, 5.41) is 24.0. The lowest BCUT2D eigenvalue weighted by molar-refractivity contribution is 0.0697. The molecule has 0 aliphatic carbocycles.